The minimum atomic E-state index is -0.733. The second kappa shape index (κ2) is 7.32. The van der Waals surface area contributed by atoms with Gasteiger partial charge >= 0.3 is 0 Å². The zero-order valence-corrected chi connectivity index (χ0v) is 13.5. The molecule has 22 heavy (non-hydrogen) atoms. The molecule has 114 valence electrons. The number of nitrogens with one attached hydrogen (secondary N) is 1. The number of hydrogen-bond donors (Lipinski definition) is 2. The molecular formula is C14H11Cl3N4O. The first kappa shape index (κ1) is 18.1. The van der Waals surface area contributed by atoms with Crippen LogP contribution < -0.4 is 11.2 Å². The summed E-state index contributed by atoms with van der Waals surface area (Å²) >= 11 is 11.9. The van der Waals surface area contributed by atoms with E-state index < -0.39 is 5.91 Å². The van der Waals surface area contributed by atoms with Crippen molar-refractivity contribution in [3.63, 3.8) is 0 Å². The third-order valence-electron chi connectivity index (χ3n) is 2.90. The molecule has 0 atom stereocenters. The summed E-state index contributed by atoms with van der Waals surface area (Å²) in [6, 6.07) is 8.24. The quantitative estimate of drug-likeness (QED) is 0.883. The summed E-state index contributed by atoms with van der Waals surface area (Å²) in [4.78, 5) is 11.3. The van der Waals surface area contributed by atoms with Crippen LogP contribution in [0.3, 0.4) is 0 Å². The van der Waals surface area contributed by atoms with Gasteiger partial charge in [-0.2, -0.15) is 5.26 Å². The van der Waals surface area contributed by atoms with E-state index in [4.69, 9.17) is 39.6 Å². The molecule has 1 amide bonds. The summed E-state index contributed by atoms with van der Waals surface area (Å²) in [5.41, 5.74) is 6.23. The number of benzene rings is 1. The average molecular weight is 358 g/mol. The number of nitriles is 1. The van der Waals surface area contributed by atoms with E-state index >= 15 is 0 Å². The van der Waals surface area contributed by atoms with Crippen LogP contribution in [0.25, 0.3) is 0 Å². The Morgan fingerprint density at radius 3 is 2.59 bits per heavy atom. The fraction of sp³-hybridized carbons (Fsp3) is 0.0714. The van der Waals surface area contributed by atoms with Crippen LogP contribution in [-0.2, 0) is 6.54 Å². The number of amides is 1. The normalized spacial score (nSPS) is 9.68. The Labute approximate surface area is 142 Å². The van der Waals surface area contributed by atoms with Crippen LogP contribution >= 0.6 is 35.6 Å². The number of primary amides is 1. The van der Waals surface area contributed by atoms with Crippen LogP contribution in [0.1, 0.15) is 21.5 Å². The van der Waals surface area contributed by atoms with Gasteiger partial charge in [0.1, 0.15) is 5.49 Å². The highest BCUT2D eigenvalue weighted by Crippen LogP contribution is 2.17. The van der Waals surface area contributed by atoms with Crippen molar-refractivity contribution in [2.24, 2.45) is 5.73 Å². The summed E-state index contributed by atoms with van der Waals surface area (Å²) in [6.07, 6.45) is 1.50. The van der Waals surface area contributed by atoms with Crippen molar-refractivity contribution in [3.8, 4) is 6.07 Å². The van der Waals surface area contributed by atoms with Gasteiger partial charge < -0.3 is 10.3 Å². The van der Waals surface area contributed by atoms with Crippen LogP contribution in [-0.4, -0.2) is 10.5 Å². The van der Waals surface area contributed by atoms with Crippen molar-refractivity contribution in [1.29, 1.82) is 10.7 Å². The number of aromatic nitrogens is 1. The third-order valence-corrected chi connectivity index (χ3v) is 3.34. The van der Waals surface area contributed by atoms with Gasteiger partial charge in [0, 0.05) is 11.2 Å². The molecule has 1 heterocycles. The number of nitrogens with two attached hydrogens (primary N) is 1. The monoisotopic (exact) mass is 356 g/mol. The minimum Gasteiger partial charge on any atom is -0.365 e. The molecule has 0 saturated carbocycles. The number of hydrogen-bond acceptors (Lipinski definition) is 3. The molecule has 2 aromatic rings. The van der Waals surface area contributed by atoms with E-state index in [1.807, 2.05) is 0 Å². The molecule has 0 fully saturated rings. The Balaban J connectivity index is 0.00000242. The zero-order chi connectivity index (χ0) is 15.6. The largest absolute Gasteiger partial charge is 0.365 e. The van der Waals surface area contributed by atoms with Gasteiger partial charge in [-0.15, -0.1) is 12.4 Å². The van der Waals surface area contributed by atoms with Gasteiger partial charge in [0.25, 0.3) is 5.91 Å². The van der Waals surface area contributed by atoms with Gasteiger partial charge in [-0.05, 0) is 29.8 Å². The molecule has 0 unspecified atom stereocenters. The molecule has 0 spiro atoms. The average Bonchev–Trinajstić information content (AvgIpc) is 2.42. The number of halogens is 3. The van der Waals surface area contributed by atoms with E-state index in [1.165, 1.54) is 16.8 Å². The summed E-state index contributed by atoms with van der Waals surface area (Å²) < 4.78 is 1.44. The fourth-order valence-corrected chi connectivity index (χ4v) is 2.33. The van der Waals surface area contributed by atoms with E-state index in [-0.39, 0.29) is 35.0 Å². The second-order valence-electron chi connectivity index (χ2n) is 4.33. The van der Waals surface area contributed by atoms with E-state index in [0.29, 0.717) is 16.1 Å². The third kappa shape index (κ3) is 3.80. The molecule has 0 aliphatic carbocycles. The summed E-state index contributed by atoms with van der Waals surface area (Å²) in [5, 5.41) is 17.9. The molecule has 1 aromatic heterocycles. The lowest BCUT2D eigenvalue weighted by Gasteiger charge is -2.11. The molecule has 0 saturated heterocycles. The highest BCUT2D eigenvalue weighted by molar-refractivity contribution is 6.31. The smallest absolute Gasteiger partial charge is 0.252 e. The maximum atomic E-state index is 11.3. The lowest BCUT2D eigenvalue weighted by Crippen LogP contribution is -2.30. The molecule has 5 nitrogen and oxygen atoms in total. The molecule has 0 aliphatic rings. The van der Waals surface area contributed by atoms with Crippen LogP contribution in [0.5, 0.6) is 0 Å². The van der Waals surface area contributed by atoms with E-state index in [9.17, 15) is 4.79 Å². The SMILES string of the molecule is Cl.N#Cc1ccc(Cl)cc1Cn1cc(Cl)cc(C(N)=O)c1=N. The minimum absolute atomic E-state index is 0. The first-order valence-corrected chi connectivity index (χ1v) is 6.61. The van der Waals surface area contributed by atoms with Gasteiger partial charge in [0.2, 0.25) is 0 Å². The Morgan fingerprint density at radius 2 is 2.00 bits per heavy atom. The summed E-state index contributed by atoms with van der Waals surface area (Å²) in [5.74, 6) is -0.733. The maximum absolute atomic E-state index is 11.3. The van der Waals surface area contributed by atoms with Crippen LogP contribution in [0.2, 0.25) is 10.0 Å². The van der Waals surface area contributed by atoms with Gasteiger partial charge in [0.15, 0.2) is 0 Å². The molecule has 1 aromatic carbocycles. The van der Waals surface area contributed by atoms with Crippen molar-refractivity contribution in [3.05, 3.63) is 62.7 Å². The van der Waals surface area contributed by atoms with Gasteiger partial charge in [-0.1, -0.05) is 23.2 Å². The number of rotatable bonds is 3. The van der Waals surface area contributed by atoms with Gasteiger partial charge in [0.05, 0.1) is 28.8 Å². The molecule has 0 aliphatic heterocycles. The number of nitrogens with zero attached hydrogens (tertiary/aromatic N) is 2. The van der Waals surface area contributed by atoms with Crippen molar-refractivity contribution < 1.29 is 4.79 Å². The van der Waals surface area contributed by atoms with Gasteiger partial charge in [-0.3, -0.25) is 10.2 Å². The van der Waals surface area contributed by atoms with Crippen molar-refractivity contribution in [2.75, 3.05) is 0 Å². The van der Waals surface area contributed by atoms with E-state index in [2.05, 4.69) is 6.07 Å². The molecular weight excluding hydrogens is 347 g/mol. The lowest BCUT2D eigenvalue weighted by atomic mass is 10.1. The van der Waals surface area contributed by atoms with E-state index in [1.54, 1.807) is 18.2 Å². The van der Waals surface area contributed by atoms with Crippen molar-refractivity contribution in [1.82, 2.24) is 4.57 Å². The van der Waals surface area contributed by atoms with E-state index in [0.717, 1.165) is 0 Å². The Kier molecular flexibility index (Phi) is 6.01. The predicted octanol–water partition coefficient (Wildman–Crippen LogP) is 2.72. The first-order valence-electron chi connectivity index (χ1n) is 5.85. The van der Waals surface area contributed by atoms with Crippen LogP contribution in [0, 0.1) is 16.7 Å². The second-order valence-corrected chi connectivity index (χ2v) is 5.20. The predicted molar refractivity (Wildman–Crippen MR) is 86.3 cm³/mol. The number of carbonyl (C=O) groups is 1. The number of carbonyl (C=O) groups excluding carboxylic acids is 1. The Bertz CT molecular complexity index is 824. The molecule has 0 radical (unpaired) electrons. The zero-order valence-electron chi connectivity index (χ0n) is 11.1. The number of pyridine rings is 1. The molecule has 3 N–H and O–H groups in total. The summed E-state index contributed by atoms with van der Waals surface area (Å²) in [6.45, 7) is 0.184. The van der Waals surface area contributed by atoms with Crippen molar-refractivity contribution in [2.45, 2.75) is 6.54 Å². The fourth-order valence-electron chi connectivity index (χ4n) is 1.91. The molecule has 2 rings (SSSR count). The lowest BCUT2D eigenvalue weighted by molar-refractivity contribution is 0.0998. The highest BCUT2D eigenvalue weighted by atomic mass is 35.5. The first-order chi connectivity index (χ1) is 9.92. The van der Waals surface area contributed by atoms with Crippen LogP contribution in [0.15, 0.2) is 30.5 Å². The topological polar surface area (TPSA) is 95.7 Å². The van der Waals surface area contributed by atoms with Gasteiger partial charge in [-0.25, -0.2) is 0 Å². The summed E-state index contributed by atoms with van der Waals surface area (Å²) in [7, 11) is 0. The standard InChI is InChI=1S/C14H10Cl2N4O.ClH/c15-10-2-1-8(5-17)9(3-10)6-20-7-11(16)4-12(13(20)18)14(19)21;/h1-4,7,18H,6H2,(H2,19,21);1H. The molecule has 0 bridgehead atoms. The van der Waals surface area contributed by atoms with Crippen LogP contribution in [0.4, 0.5) is 0 Å². The maximum Gasteiger partial charge on any atom is 0.252 e. The Morgan fingerprint density at radius 1 is 1.32 bits per heavy atom. The highest BCUT2D eigenvalue weighted by Gasteiger charge is 2.10. The van der Waals surface area contributed by atoms with Crippen molar-refractivity contribution >= 4 is 41.5 Å². The Hall–Kier alpha value is -2.00. The molecule has 8 heteroatoms.